The Morgan fingerprint density at radius 1 is 1.06 bits per heavy atom. The number of halogens is 3. The van der Waals surface area contributed by atoms with Gasteiger partial charge in [-0.1, -0.05) is 24.3 Å². The number of amides is 1. The topological polar surface area (TPSA) is 59.2 Å². The van der Waals surface area contributed by atoms with E-state index in [2.05, 4.69) is 4.98 Å². The van der Waals surface area contributed by atoms with Crippen LogP contribution >= 0.6 is 0 Å². The van der Waals surface area contributed by atoms with Gasteiger partial charge in [0.15, 0.2) is 0 Å². The van der Waals surface area contributed by atoms with Crippen molar-refractivity contribution in [1.29, 1.82) is 0 Å². The molecule has 1 heterocycles. The number of hydrogen-bond acceptors (Lipinski definition) is 3. The molecule has 0 bridgehead atoms. The van der Waals surface area contributed by atoms with E-state index in [1.807, 2.05) is 32.0 Å². The lowest BCUT2D eigenvalue weighted by molar-refractivity contribution is -0.137. The van der Waals surface area contributed by atoms with Crippen LogP contribution in [0.25, 0.3) is 0 Å². The summed E-state index contributed by atoms with van der Waals surface area (Å²) in [6, 6.07) is 13.2. The van der Waals surface area contributed by atoms with Crippen LogP contribution in [0.1, 0.15) is 33.9 Å². The minimum absolute atomic E-state index is 0.278. The smallest absolute Gasteiger partial charge is 0.316 e. The van der Waals surface area contributed by atoms with Crippen LogP contribution in [0.15, 0.2) is 67.0 Å². The SMILES string of the molecule is Cc1ccc(N(CCc2ccc(C(F)(F)F)cc2)C(=O)[C@@H](N)c2cccnc2)cc1C. The summed E-state index contributed by atoms with van der Waals surface area (Å²) in [5.74, 6) is -0.303. The van der Waals surface area contributed by atoms with Crippen LogP contribution in [0.2, 0.25) is 0 Å². The molecule has 0 unspecified atom stereocenters. The molecule has 1 atom stereocenters. The zero-order valence-electron chi connectivity index (χ0n) is 17.4. The second-order valence-electron chi connectivity index (χ2n) is 7.47. The lowest BCUT2D eigenvalue weighted by Gasteiger charge is -2.27. The molecule has 0 aliphatic rings. The van der Waals surface area contributed by atoms with E-state index >= 15 is 0 Å². The molecule has 0 saturated carbocycles. The number of aromatic nitrogens is 1. The van der Waals surface area contributed by atoms with Crippen molar-refractivity contribution in [1.82, 2.24) is 4.98 Å². The molecule has 3 aromatic rings. The predicted octanol–water partition coefficient (Wildman–Crippen LogP) is 4.99. The number of carbonyl (C=O) groups excluding carboxylic acids is 1. The molecule has 31 heavy (non-hydrogen) atoms. The van der Waals surface area contributed by atoms with Gasteiger partial charge in [0, 0.05) is 24.6 Å². The third-order valence-corrected chi connectivity index (χ3v) is 5.28. The van der Waals surface area contributed by atoms with Crippen molar-refractivity contribution in [3.05, 3.63) is 94.8 Å². The maximum absolute atomic E-state index is 13.3. The van der Waals surface area contributed by atoms with Gasteiger partial charge in [0.05, 0.1) is 5.56 Å². The summed E-state index contributed by atoms with van der Waals surface area (Å²) >= 11 is 0. The first-order valence-electron chi connectivity index (χ1n) is 9.87. The Hall–Kier alpha value is -3.19. The summed E-state index contributed by atoms with van der Waals surface area (Å²) in [7, 11) is 0. The van der Waals surface area contributed by atoms with E-state index < -0.39 is 17.8 Å². The Balaban J connectivity index is 1.85. The third-order valence-electron chi connectivity index (χ3n) is 5.28. The van der Waals surface area contributed by atoms with Crippen molar-refractivity contribution in [2.75, 3.05) is 11.4 Å². The van der Waals surface area contributed by atoms with Crippen LogP contribution in [0.3, 0.4) is 0 Å². The fraction of sp³-hybridized carbons (Fsp3) is 0.250. The maximum atomic E-state index is 13.3. The largest absolute Gasteiger partial charge is 0.416 e. The molecule has 1 amide bonds. The van der Waals surface area contributed by atoms with Crippen LogP contribution in [0.5, 0.6) is 0 Å². The van der Waals surface area contributed by atoms with E-state index in [0.29, 0.717) is 23.2 Å². The van der Waals surface area contributed by atoms with Crippen LogP contribution < -0.4 is 10.6 Å². The van der Waals surface area contributed by atoms with Gasteiger partial charge in [-0.2, -0.15) is 13.2 Å². The van der Waals surface area contributed by atoms with Crippen molar-refractivity contribution >= 4 is 11.6 Å². The number of alkyl halides is 3. The number of carbonyl (C=O) groups is 1. The molecule has 0 saturated heterocycles. The average molecular weight is 427 g/mol. The summed E-state index contributed by atoms with van der Waals surface area (Å²) in [6.07, 6.45) is -0.837. The van der Waals surface area contributed by atoms with Crippen LogP contribution in [0, 0.1) is 13.8 Å². The van der Waals surface area contributed by atoms with E-state index in [4.69, 9.17) is 5.73 Å². The predicted molar refractivity (Wildman–Crippen MR) is 115 cm³/mol. The van der Waals surface area contributed by atoms with Crippen LogP contribution in [0.4, 0.5) is 18.9 Å². The van der Waals surface area contributed by atoms with E-state index in [9.17, 15) is 18.0 Å². The Kier molecular flexibility index (Phi) is 6.75. The van der Waals surface area contributed by atoms with E-state index in [-0.39, 0.29) is 12.5 Å². The zero-order chi connectivity index (χ0) is 22.6. The molecule has 1 aromatic heterocycles. The highest BCUT2D eigenvalue weighted by molar-refractivity contribution is 5.97. The Labute approximate surface area is 179 Å². The fourth-order valence-electron chi connectivity index (χ4n) is 3.23. The number of pyridine rings is 1. The molecular formula is C24H24F3N3O. The van der Waals surface area contributed by atoms with E-state index in [1.54, 1.807) is 29.4 Å². The number of hydrogen-bond donors (Lipinski definition) is 1. The number of rotatable bonds is 6. The van der Waals surface area contributed by atoms with Crippen molar-refractivity contribution in [3.8, 4) is 0 Å². The number of benzene rings is 2. The van der Waals surface area contributed by atoms with Gasteiger partial charge in [0.25, 0.3) is 0 Å². The quantitative estimate of drug-likeness (QED) is 0.603. The molecule has 7 heteroatoms. The molecule has 0 fully saturated rings. The lowest BCUT2D eigenvalue weighted by atomic mass is 10.0. The number of nitrogens with two attached hydrogens (primary N) is 1. The summed E-state index contributed by atoms with van der Waals surface area (Å²) < 4.78 is 38.4. The number of nitrogens with zero attached hydrogens (tertiary/aromatic N) is 2. The minimum Gasteiger partial charge on any atom is -0.316 e. The highest BCUT2D eigenvalue weighted by atomic mass is 19.4. The molecule has 3 rings (SSSR count). The van der Waals surface area contributed by atoms with Crippen molar-refractivity contribution in [3.63, 3.8) is 0 Å². The normalized spacial score (nSPS) is 12.5. The van der Waals surface area contributed by atoms with E-state index in [1.165, 1.54) is 12.1 Å². The highest BCUT2D eigenvalue weighted by Gasteiger charge is 2.30. The molecule has 2 aromatic carbocycles. The third kappa shape index (κ3) is 5.49. The maximum Gasteiger partial charge on any atom is 0.416 e. The van der Waals surface area contributed by atoms with Gasteiger partial charge in [-0.15, -0.1) is 0 Å². The Bertz CT molecular complexity index is 1030. The molecule has 0 radical (unpaired) electrons. The Morgan fingerprint density at radius 3 is 2.35 bits per heavy atom. The number of anilines is 1. The lowest BCUT2D eigenvalue weighted by Crippen LogP contribution is -2.40. The van der Waals surface area contributed by atoms with Gasteiger partial charge in [-0.05, 0) is 72.9 Å². The molecular weight excluding hydrogens is 403 g/mol. The summed E-state index contributed by atoms with van der Waals surface area (Å²) in [5.41, 5.74) is 9.63. The zero-order valence-corrected chi connectivity index (χ0v) is 17.4. The fourth-order valence-corrected chi connectivity index (χ4v) is 3.23. The Morgan fingerprint density at radius 2 is 1.77 bits per heavy atom. The van der Waals surface area contributed by atoms with Crippen molar-refractivity contribution < 1.29 is 18.0 Å². The number of aryl methyl sites for hydroxylation is 2. The summed E-state index contributed by atoms with van der Waals surface area (Å²) in [5, 5.41) is 0. The molecule has 0 aliphatic carbocycles. The molecule has 4 nitrogen and oxygen atoms in total. The van der Waals surface area contributed by atoms with Gasteiger partial charge in [0.1, 0.15) is 6.04 Å². The molecule has 162 valence electrons. The summed E-state index contributed by atoms with van der Waals surface area (Å²) in [6.45, 7) is 4.22. The second kappa shape index (κ2) is 9.31. The monoisotopic (exact) mass is 427 g/mol. The van der Waals surface area contributed by atoms with Gasteiger partial charge in [-0.25, -0.2) is 0 Å². The molecule has 0 aliphatic heterocycles. The van der Waals surface area contributed by atoms with Crippen LogP contribution in [-0.4, -0.2) is 17.4 Å². The molecule has 0 spiro atoms. The summed E-state index contributed by atoms with van der Waals surface area (Å²) in [4.78, 5) is 18.9. The van der Waals surface area contributed by atoms with Gasteiger partial charge in [0.2, 0.25) is 5.91 Å². The first-order valence-corrected chi connectivity index (χ1v) is 9.87. The van der Waals surface area contributed by atoms with Gasteiger partial charge < -0.3 is 10.6 Å². The van der Waals surface area contributed by atoms with Gasteiger partial charge in [-0.3, -0.25) is 9.78 Å². The van der Waals surface area contributed by atoms with Crippen molar-refractivity contribution in [2.24, 2.45) is 5.73 Å². The first-order chi connectivity index (χ1) is 14.7. The second-order valence-corrected chi connectivity index (χ2v) is 7.47. The highest BCUT2D eigenvalue weighted by Crippen LogP contribution is 2.29. The van der Waals surface area contributed by atoms with Crippen molar-refractivity contribution in [2.45, 2.75) is 32.5 Å². The molecule has 2 N–H and O–H groups in total. The standard InChI is InChI=1S/C24H24F3N3O/c1-16-5-10-21(14-17(16)2)30(23(31)22(28)19-4-3-12-29-15-19)13-11-18-6-8-20(9-7-18)24(25,26)27/h3-10,12,14-15,22H,11,13,28H2,1-2H3/t22-/m0/s1. The van der Waals surface area contributed by atoms with Crippen LogP contribution in [-0.2, 0) is 17.4 Å². The average Bonchev–Trinajstić information content (AvgIpc) is 2.76. The van der Waals surface area contributed by atoms with E-state index in [0.717, 1.165) is 23.3 Å². The first kappa shape index (κ1) is 22.5. The van der Waals surface area contributed by atoms with Gasteiger partial charge >= 0.3 is 6.18 Å². The minimum atomic E-state index is -4.38.